The second-order valence-corrected chi connectivity index (χ2v) is 5.38. The van der Waals surface area contributed by atoms with Crippen LogP contribution in [0.25, 0.3) is 33.0 Å². The second-order valence-electron chi connectivity index (χ2n) is 5.38. The molecule has 0 aliphatic carbocycles. The molecule has 4 aromatic rings. The lowest BCUT2D eigenvalue weighted by molar-refractivity contribution is 0.0663. The van der Waals surface area contributed by atoms with Crippen LogP contribution in [-0.4, -0.2) is 16.1 Å². The number of aromatic nitrogens is 1. The normalized spacial score (nSPS) is 11.0. The molecule has 2 aromatic heterocycles. The molecule has 0 bridgehead atoms. The van der Waals surface area contributed by atoms with Crippen LogP contribution in [0, 0.1) is 0 Å². The van der Waals surface area contributed by atoms with Gasteiger partial charge in [-0.3, -0.25) is 9.78 Å². The fraction of sp³-hybridized carbons (Fsp3) is 0. The molecular weight excluding hydrogens is 306 g/mol. The lowest BCUT2D eigenvalue weighted by Gasteiger charge is -2.06. The molecule has 0 spiro atoms. The standard InChI is InChI=1S/C19H11NO4/c21-16-9-17(19(22)23)24-18-13-7-6-12(11-4-2-1-3-5-11)8-15(13)20-10-14(16)18/h1-10H,(H,22,23). The number of hydrogen-bond donors (Lipinski definition) is 1. The van der Waals surface area contributed by atoms with Gasteiger partial charge < -0.3 is 9.52 Å². The molecule has 2 aromatic carbocycles. The summed E-state index contributed by atoms with van der Waals surface area (Å²) in [5.41, 5.74) is 2.47. The predicted molar refractivity (Wildman–Crippen MR) is 90.2 cm³/mol. The van der Waals surface area contributed by atoms with Crippen LogP contribution in [0.15, 0.2) is 70.0 Å². The van der Waals surface area contributed by atoms with Crippen LogP contribution in [0.2, 0.25) is 0 Å². The van der Waals surface area contributed by atoms with E-state index in [1.807, 2.05) is 42.5 Å². The van der Waals surface area contributed by atoms with Crippen LogP contribution >= 0.6 is 0 Å². The van der Waals surface area contributed by atoms with Gasteiger partial charge in [0, 0.05) is 17.6 Å². The third kappa shape index (κ3) is 2.23. The van der Waals surface area contributed by atoms with Crippen molar-refractivity contribution >= 4 is 27.8 Å². The summed E-state index contributed by atoms with van der Waals surface area (Å²) in [6.45, 7) is 0. The highest BCUT2D eigenvalue weighted by molar-refractivity contribution is 6.03. The molecule has 0 aliphatic heterocycles. The zero-order valence-electron chi connectivity index (χ0n) is 12.4. The average Bonchev–Trinajstić information content (AvgIpc) is 2.61. The number of hydrogen-bond acceptors (Lipinski definition) is 4. The summed E-state index contributed by atoms with van der Waals surface area (Å²) in [7, 11) is 0. The molecule has 116 valence electrons. The van der Waals surface area contributed by atoms with E-state index in [9.17, 15) is 9.59 Å². The number of aromatic carboxylic acids is 1. The highest BCUT2D eigenvalue weighted by atomic mass is 16.4. The summed E-state index contributed by atoms with van der Waals surface area (Å²) in [5.74, 6) is -1.66. The van der Waals surface area contributed by atoms with Gasteiger partial charge in [0.15, 0.2) is 5.43 Å². The van der Waals surface area contributed by atoms with Gasteiger partial charge in [-0.15, -0.1) is 0 Å². The van der Waals surface area contributed by atoms with Gasteiger partial charge in [0.25, 0.3) is 0 Å². The maximum Gasteiger partial charge on any atom is 0.371 e. The monoisotopic (exact) mass is 317 g/mol. The Morgan fingerprint density at radius 2 is 1.75 bits per heavy atom. The molecule has 0 amide bonds. The minimum atomic E-state index is -1.28. The Labute approximate surface area is 135 Å². The van der Waals surface area contributed by atoms with Crippen LogP contribution in [-0.2, 0) is 0 Å². The number of pyridine rings is 1. The van der Waals surface area contributed by atoms with E-state index in [2.05, 4.69) is 4.98 Å². The van der Waals surface area contributed by atoms with Crippen LogP contribution in [0.4, 0.5) is 0 Å². The van der Waals surface area contributed by atoms with E-state index in [0.717, 1.165) is 17.2 Å². The summed E-state index contributed by atoms with van der Waals surface area (Å²) < 4.78 is 5.42. The number of nitrogens with zero attached hydrogens (tertiary/aromatic N) is 1. The van der Waals surface area contributed by atoms with Gasteiger partial charge >= 0.3 is 5.97 Å². The van der Waals surface area contributed by atoms with Gasteiger partial charge in [0.05, 0.1) is 10.9 Å². The zero-order chi connectivity index (χ0) is 16.7. The Balaban J connectivity index is 2.02. The fourth-order valence-corrected chi connectivity index (χ4v) is 2.71. The molecule has 0 aliphatic rings. The Kier molecular flexibility index (Phi) is 3.13. The number of carboxylic acid groups (broad SMARTS) is 1. The van der Waals surface area contributed by atoms with E-state index in [4.69, 9.17) is 9.52 Å². The van der Waals surface area contributed by atoms with Crippen LogP contribution in [0.5, 0.6) is 0 Å². The second kappa shape index (κ2) is 5.31. The minimum absolute atomic E-state index is 0.240. The molecule has 5 heteroatoms. The molecule has 1 N–H and O–H groups in total. The van der Waals surface area contributed by atoms with E-state index < -0.39 is 11.4 Å². The lowest BCUT2D eigenvalue weighted by Crippen LogP contribution is -2.06. The van der Waals surface area contributed by atoms with E-state index in [-0.39, 0.29) is 16.7 Å². The molecule has 0 fully saturated rings. The van der Waals surface area contributed by atoms with E-state index in [0.29, 0.717) is 10.9 Å². The first kappa shape index (κ1) is 14.1. The maximum atomic E-state index is 12.1. The highest BCUT2D eigenvalue weighted by Gasteiger charge is 2.14. The average molecular weight is 317 g/mol. The van der Waals surface area contributed by atoms with Crippen molar-refractivity contribution in [3.8, 4) is 11.1 Å². The van der Waals surface area contributed by atoms with Crippen molar-refractivity contribution in [1.29, 1.82) is 0 Å². The first-order chi connectivity index (χ1) is 11.6. The zero-order valence-corrected chi connectivity index (χ0v) is 12.4. The van der Waals surface area contributed by atoms with Crippen LogP contribution in [0.1, 0.15) is 10.6 Å². The summed E-state index contributed by atoms with van der Waals surface area (Å²) in [6, 6.07) is 16.4. The topological polar surface area (TPSA) is 80.4 Å². The number of carboxylic acids is 1. The highest BCUT2D eigenvalue weighted by Crippen LogP contribution is 2.27. The van der Waals surface area contributed by atoms with Crippen molar-refractivity contribution in [3.63, 3.8) is 0 Å². The van der Waals surface area contributed by atoms with E-state index >= 15 is 0 Å². The molecule has 0 saturated heterocycles. The van der Waals surface area contributed by atoms with Gasteiger partial charge in [-0.25, -0.2) is 4.79 Å². The van der Waals surface area contributed by atoms with Crippen molar-refractivity contribution in [3.05, 3.63) is 76.8 Å². The van der Waals surface area contributed by atoms with Gasteiger partial charge in [-0.2, -0.15) is 0 Å². The van der Waals surface area contributed by atoms with Crippen molar-refractivity contribution in [2.45, 2.75) is 0 Å². The van der Waals surface area contributed by atoms with Gasteiger partial charge in [-0.1, -0.05) is 36.4 Å². The molecule has 5 nitrogen and oxygen atoms in total. The number of benzene rings is 2. The van der Waals surface area contributed by atoms with E-state index in [1.165, 1.54) is 6.20 Å². The Morgan fingerprint density at radius 1 is 0.958 bits per heavy atom. The third-order valence-electron chi connectivity index (χ3n) is 3.88. The maximum absolute atomic E-state index is 12.1. The molecule has 0 atom stereocenters. The SMILES string of the molecule is O=C(O)c1cc(=O)c2cnc3cc(-c4ccccc4)ccc3c2o1. The molecule has 0 saturated carbocycles. The quantitative estimate of drug-likeness (QED) is 0.570. The predicted octanol–water partition coefficient (Wildman–Crippen LogP) is 3.71. The largest absolute Gasteiger partial charge is 0.475 e. The molecule has 4 rings (SSSR count). The van der Waals surface area contributed by atoms with Crippen molar-refractivity contribution in [2.75, 3.05) is 0 Å². The number of carbonyl (C=O) groups is 1. The smallest absolute Gasteiger partial charge is 0.371 e. The van der Waals surface area contributed by atoms with Crippen molar-refractivity contribution in [1.82, 2.24) is 4.98 Å². The molecule has 0 unspecified atom stereocenters. The Bertz CT molecular complexity index is 1150. The van der Waals surface area contributed by atoms with Crippen LogP contribution in [0.3, 0.4) is 0 Å². The third-order valence-corrected chi connectivity index (χ3v) is 3.88. The first-order valence-corrected chi connectivity index (χ1v) is 7.29. The van der Waals surface area contributed by atoms with Gasteiger partial charge in [-0.05, 0) is 23.3 Å². The summed E-state index contributed by atoms with van der Waals surface area (Å²) in [4.78, 5) is 27.5. The minimum Gasteiger partial charge on any atom is -0.475 e. The van der Waals surface area contributed by atoms with Gasteiger partial charge in [0.2, 0.25) is 5.76 Å². The molecular formula is C19H11NO4. The summed E-state index contributed by atoms with van der Waals surface area (Å²) in [6.07, 6.45) is 1.42. The van der Waals surface area contributed by atoms with Gasteiger partial charge in [0.1, 0.15) is 5.58 Å². The Hall–Kier alpha value is -3.47. The van der Waals surface area contributed by atoms with Crippen molar-refractivity contribution in [2.24, 2.45) is 0 Å². The van der Waals surface area contributed by atoms with E-state index in [1.54, 1.807) is 6.07 Å². The van der Waals surface area contributed by atoms with Crippen LogP contribution < -0.4 is 5.43 Å². The summed E-state index contributed by atoms with van der Waals surface area (Å²) >= 11 is 0. The summed E-state index contributed by atoms with van der Waals surface area (Å²) in [5, 5.41) is 9.95. The fourth-order valence-electron chi connectivity index (χ4n) is 2.71. The first-order valence-electron chi connectivity index (χ1n) is 7.29. The molecule has 24 heavy (non-hydrogen) atoms. The van der Waals surface area contributed by atoms with Crippen molar-refractivity contribution < 1.29 is 14.3 Å². The molecule has 2 heterocycles. The number of fused-ring (bicyclic) bond motifs is 3. The lowest BCUT2D eigenvalue weighted by atomic mass is 10.0. The Morgan fingerprint density at radius 3 is 2.50 bits per heavy atom. The number of rotatable bonds is 2. The molecule has 0 radical (unpaired) electrons.